The van der Waals surface area contributed by atoms with Crippen molar-refractivity contribution in [1.29, 1.82) is 0 Å². The van der Waals surface area contributed by atoms with E-state index in [0.29, 0.717) is 6.42 Å². The van der Waals surface area contributed by atoms with Gasteiger partial charge in [-0.25, -0.2) is 4.52 Å². The molecule has 0 fully saturated rings. The molecule has 0 aliphatic rings. The number of fused-ring (bicyclic) bond motifs is 1. The first-order chi connectivity index (χ1) is 7.29. The Balaban J connectivity index is 2.17. The van der Waals surface area contributed by atoms with Gasteiger partial charge in [0.05, 0.1) is 5.52 Å². The van der Waals surface area contributed by atoms with Crippen LogP contribution in [0.3, 0.4) is 0 Å². The van der Waals surface area contributed by atoms with Crippen LogP contribution in [0.15, 0.2) is 30.6 Å². The van der Waals surface area contributed by atoms with E-state index in [-0.39, 0.29) is 5.91 Å². The van der Waals surface area contributed by atoms with Crippen LogP contribution in [-0.4, -0.2) is 15.5 Å². The van der Waals surface area contributed by atoms with E-state index in [1.807, 2.05) is 31.3 Å². The molecule has 1 amide bonds. The number of pyridine rings is 1. The highest BCUT2D eigenvalue weighted by atomic mass is 16.1. The third-order valence-corrected chi connectivity index (χ3v) is 2.16. The molecule has 0 saturated heterocycles. The highest BCUT2D eigenvalue weighted by Crippen LogP contribution is 2.11. The van der Waals surface area contributed by atoms with E-state index in [1.54, 1.807) is 10.7 Å². The zero-order valence-corrected chi connectivity index (χ0v) is 8.60. The summed E-state index contributed by atoms with van der Waals surface area (Å²) in [6.45, 7) is 1.99. The highest BCUT2D eigenvalue weighted by molar-refractivity contribution is 5.91. The Morgan fingerprint density at radius 1 is 1.53 bits per heavy atom. The van der Waals surface area contributed by atoms with Gasteiger partial charge in [0.25, 0.3) is 0 Å². The molecule has 78 valence electrons. The summed E-state index contributed by atoms with van der Waals surface area (Å²) < 4.78 is 1.76. The largest absolute Gasteiger partial charge is 0.326 e. The van der Waals surface area contributed by atoms with Crippen LogP contribution in [0, 0.1) is 0 Å². The molecule has 0 bridgehead atoms. The third-order valence-electron chi connectivity index (χ3n) is 2.16. The zero-order chi connectivity index (χ0) is 10.7. The number of nitrogens with zero attached hydrogens (tertiary/aromatic N) is 2. The second-order valence-corrected chi connectivity index (χ2v) is 3.41. The van der Waals surface area contributed by atoms with Gasteiger partial charge in [-0.1, -0.05) is 6.92 Å². The van der Waals surface area contributed by atoms with Crippen molar-refractivity contribution in [1.82, 2.24) is 9.61 Å². The van der Waals surface area contributed by atoms with E-state index < -0.39 is 0 Å². The molecule has 4 nitrogen and oxygen atoms in total. The van der Waals surface area contributed by atoms with Crippen LogP contribution in [0.25, 0.3) is 5.52 Å². The van der Waals surface area contributed by atoms with Crippen LogP contribution in [0.5, 0.6) is 0 Å². The van der Waals surface area contributed by atoms with E-state index in [4.69, 9.17) is 0 Å². The van der Waals surface area contributed by atoms with Crippen molar-refractivity contribution in [2.75, 3.05) is 5.32 Å². The number of carbonyl (C=O) groups excluding carboxylic acids is 1. The number of anilines is 1. The minimum Gasteiger partial charge on any atom is -0.326 e. The highest BCUT2D eigenvalue weighted by Gasteiger charge is 2.01. The van der Waals surface area contributed by atoms with Crippen LogP contribution in [0.1, 0.15) is 19.8 Å². The first-order valence-electron chi connectivity index (χ1n) is 5.03. The number of hydrogen-bond acceptors (Lipinski definition) is 2. The Bertz CT molecular complexity index is 475. The van der Waals surface area contributed by atoms with Gasteiger partial charge in [-0.05, 0) is 24.6 Å². The number of nitrogens with one attached hydrogen (secondary N) is 1. The molecular weight excluding hydrogens is 190 g/mol. The van der Waals surface area contributed by atoms with Crippen LogP contribution in [0.4, 0.5) is 5.69 Å². The average Bonchev–Trinajstić information content (AvgIpc) is 2.65. The molecule has 0 saturated carbocycles. The fraction of sp³-hybridized carbons (Fsp3) is 0.273. The molecule has 2 aromatic rings. The minimum absolute atomic E-state index is 0.0568. The van der Waals surface area contributed by atoms with Gasteiger partial charge in [0.1, 0.15) is 0 Å². The van der Waals surface area contributed by atoms with Crippen molar-refractivity contribution in [3.8, 4) is 0 Å². The maximum atomic E-state index is 11.4. The SMILES string of the molecule is CCCC(=O)Nc1ccn2nccc2c1. The molecular formula is C11H13N3O. The summed E-state index contributed by atoms with van der Waals surface area (Å²) in [5, 5.41) is 6.92. The van der Waals surface area contributed by atoms with Gasteiger partial charge in [0, 0.05) is 24.5 Å². The van der Waals surface area contributed by atoms with Crippen LogP contribution < -0.4 is 5.32 Å². The molecule has 0 radical (unpaired) electrons. The fourth-order valence-corrected chi connectivity index (χ4v) is 1.45. The van der Waals surface area contributed by atoms with E-state index in [2.05, 4.69) is 10.4 Å². The second-order valence-electron chi connectivity index (χ2n) is 3.41. The lowest BCUT2D eigenvalue weighted by Crippen LogP contribution is -2.10. The molecule has 0 spiro atoms. The molecule has 2 heterocycles. The summed E-state index contributed by atoms with van der Waals surface area (Å²) in [6.07, 6.45) is 4.98. The maximum absolute atomic E-state index is 11.4. The Hall–Kier alpha value is -1.84. The van der Waals surface area contributed by atoms with E-state index in [1.165, 1.54) is 0 Å². The standard InChI is InChI=1S/C11H13N3O/c1-2-3-11(15)13-9-5-7-14-10(8-9)4-6-12-14/h4-8H,2-3H2,1H3,(H,13,15). The van der Waals surface area contributed by atoms with Crippen molar-refractivity contribution in [3.05, 3.63) is 30.6 Å². The Kier molecular flexibility index (Phi) is 2.67. The first kappa shape index (κ1) is 9.71. The quantitative estimate of drug-likeness (QED) is 0.830. The monoisotopic (exact) mass is 203 g/mol. The fourth-order valence-electron chi connectivity index (χ4n) is 1.45. The Morgan fingerprint density at radius 3 is 3.20 bits per heavy atom. The lowest BCUT2D eigenvalue weighted by atomic mass is 10.3. The number of aromatic nitrogens is 2. The van der Waals surface area contributed by atoms with Gasteiger partial charge in [-0.2, -0.15) is 5.10 Å². The maximum Gasteiger partial charge on any atom is 0.224 e. The van der Waals surface area contributed by atoms with Crippen molar-refractivity contribution < 1.29 is 4.79 Å². The van der Waals surface area contributed by atoms with Gasteiger partial charge in [0.15, 0.2) is 0 Å². The van der Waals surface area contributed by atoms with E-state index in [9.17, 15) is 4.79 Å². The predicted molar refractivity (Wildman–Crippen MR) is 58.7 cm³/mol. The van der Waals surface area contributed by atoms with Crippen molar-refractivity contribution in [3.63, 3.8) is 0 Å². The summed E-state index contributed by atoms with van der Waals surface area (Å²) in [4.78, 5) is 11.4. The molecule has 0 aliphatic heterocycles. The summed E-state index contributed by atoms with van der Waals surface area (Å²) in [5.74, 6) is 0.0568. The summed E-state index contributed by atoms with van der Waals surface area (Å²) in [5.41, 5.74) is 1.80. The average molecular weight is 203 g/mol. The lowest BCUT2D eigenvalue weighted by Gasteiger charge is -2.04. The minimum atomic E-state index is 0.0568. The Labute approximate surface area is 87.9 Å². The van der Waals surface area contributed by atoms with E-state index >= 15 is 0 Å². The number of carbonyl (C=O) groups is 1. The van der Waals surface area contributed by atoms with Gasteiger partial charge in [-0.3, -0.25) is 4.79 Å². The van der Waals surface area contributed by atoms with Crippen LogP contribution in [-0.2, 0) is 4.79 Å². The van der Waals surface area contributed by atoms with Gasteiger partial charge >= 0.3 is 0 Å². The Morgan fingerprint density at radius 2 is 2.40 bits per heavy atom. The van der Waals surface area contributed by atoms with Crippen molar-refractivity contribution in [2.45, 2.75) is 19.8 Å². The molecule has 2 aromatic heterocycles. The molecule has 0 atom stereocenters. The normalized spacial score (nSPS) is 10.5. The number of rotatable bonds is 3. The molecule has 0 unspecified atom stereocenters. The smallest absolute Gasteiger partial charge is 0.224 e. The van der Waals surface area contributed by atoms with Crippen molar-refractivity contribution >= 4 is 17.1 Å². The van der Waals surface area contributed by atoms with Crippen LogP contribution >= 0.6 is 0 Å². The lowest BCUT2D eigenvalue weighted by molar-refractivity contribution is -0.116. The predicted octanol–water partition coefficient (Wildman–Crippen LogP) is 2.07. The van der Waals surface area contributed by atoms with Crippen molar-refractivity contribution in [2.24, 2.45) is 0 Å². The first-order valence-corrected chi connectivity index (χ1v) is 5.03. The zero-order valence-electron chi connectivity index (χ0n) is 8.60. The van der Waals surface area contributed by atoms with Crippen LogP contribution in [0.2, 0.25) is 0 Å². The number of amides is 1. The summed E-state index contributed by atoms with van der Waals surface area (Å²) in [6, 6.07) is 5.64. The second kappa shape index (κ2) is 4.13. The molecule has 15 heavy (non-hydrogen) atoms. The third kappa shape index (κ3) is 2.15. The summed E-state index contributed by atoms with van der Waals surface area (Å²) >= 11 is 0. The molecule has 0 aliphatic carbocycles. The molecule has 4 heteroatoms. The van der Waals surface area contributed by atoms with Gasteiger partial charge in [0.2, 0.25) is 5.91 Å². The van der Waals surface area contributed by atoms with Gasteiger partial charge < -0.3 is 5.32 Å². The molecule has 1 N–H and O–H groups in total. The summed E-state index contributed by atoms with van der Waals surface area (Å²) in [7, 11) is 0. The topological polar surface area (TPSA) is 46.4 Å². The molecule has 0 aromatic carbocycles. The number of hydrogen-bond donors (Lipinski definition) is 1. The van der Waals surface area contributed by atoms with Gasteiger partial charge in [-0.15, -0.1) is 0 Å². The van der Waals surface area contributed by atoms with E-state index in [0.717, 1.165) is 17.6 Å². The molecule has 2 rings (SSSR count).